The molecule has 0 unspecified atom stereocenters. The molecular formula is C22H19N7O3. The van der Waals surface area contributed by atoms with Crippen molar-refractivity contribution in [1.82, 2.24) is 29.1 Å². The number of anilines is 1. The van der Waals surface area contributed by atoms with E-state index in [4.69, 9.17) is 17.0 Å². The Bertz CT molecular complexity index is 1720. The van der Waals surface area contributed by atoms with Gasteiger partial charge in [-0.2, -0.15) is 0 Å². The van der Waals surface area contributed by atoms with E-state index in [1.165, 1.54) is 12.7 Å². The summed E-state index contributed by atoms with van der Waals surface area (Å²) in [5.41, 5.74) is 7.10. The molecule has 160 valence electrons. The normalized spacial score (nSPS) is 13.5. The number of nitrogens with zero attached hydrogens (tertiary/aromatic N) is 6. The first-order chi connectivity index (χ1) is 17.6. The van der Waals surface area contributed by atoms with Gasteiger partial charge in [0.2, 0.25) is 5.95 Å². The van der Waals surface area contributed by atoms with Gasteiger partial charge >= 0.3 is 5.69 Å². The predicted molar refractivity (Wildman–Crippen MR) is 117 cm³/mol. The zero-order valence-corrected chi connectivity index (χ0v) is 16.7. The standard InChI is InChI=1S/C22H19N7O3/c1-13-7-15(8-16(10-30)25-13)18-19(14-5-3-2-4-6-14)26-21(23)29-20(18)27-28(22(29)31)9-17-11-32-12-24-17/h2-8,11-12,30H,9-10H2,1H3,(H2,23,26)/i2D,3D,4D,5D,6D. The van der Waals surface area contributed by atoms with Crippen LogP contribution in [0.1, 0.15) is 23.9 Å². The minimum absolute atomic E-state index is 0.0253. The zero-order valence-electron chi connectivity index (χ0n) is 21.7. The van der Waals surface area contributed by atoms with E-state index in [1.54, 1.807) is 19.1 Å². The number of aliphatic hydroxyl groups excluding tert-OH is 1. The van der Waals surface area contributed by atoms with Crippen LogP contribution in [0.2, 0.25) is 0 Å². The zero-order chi connectivity index (χ0) is 26.6. The molecule has 32 heavy (non-hydrogen) atoms. The summed E-state index contributed by atoms with van der Waals surface area (Å²) in [5, 5.41) is 14.2. The Morgan fingerprint density at radius 3 is 2.69 bits per heavy atom. The van der Waals surface area contributed by atoms with Gasteiger partial charge in [-0.1, -0.05) is 30.2 Å². The summed E-state index contributed by atoms with van der Waals surface area (Å²) in [6, 6.07) is 0.509. The van der Waals surface area contributed by atoms with Gasteiger partial charge in [0.1, 0.15) is 12.0 Å². The maximum atomic E-state index is 13.3. The van der Waals surface area contributed by atoms with E-state index < -0.39 is 35.9 Å². The number of nitrogen functional groups attached to an aromatic ring is 1. The molecule has 0 radical (unpaired) electrons. The van der Waals surface area contributed by atoms with Crippen molar-refractivity contribution >= 4 is 11.6 Å². The number of hydrogen-bond acceptors (Lipinski definition) is 8. The molecule has 5 aromatic rings. The number of fused-ring (bicyclic) bond motifs is 1. The molecule has 0 aliphatic heterocycles. The van der Waals surface area contributed by atoms with E-state index in [1.807, 2.05) is 0 Å². The third-order valence-corrected chi connectivity index (χ3v) is 4.74. The van der Waals surface area contributed by atoms with Crippen molar-refractivity contribution in [2.24, 2.45) is 0 Å². The van der Waals surface area contributed by atoms with Crippen LogP contribution < -0.4 is 11.4 Å². The Morgan fingerprint density at radius 2 is 1.97 bits per heavy atom. The lowest BCUT2D eigenvalue weighted by atomic mass is 9.99. The highest BCUT2D eigenvalue weighted by Crippen LogP contribution is 2.34. The molecule has 0 spiro atoms. The highest BCUT2D eigenvalue weighted by atomic mass is 16.3. The minimum Gasteiger partial charge on any atom is -0.451 e. The lowest BCUT2D eigenvalue weighted by Gasteiger charge is -2.13. The first kappa shape index (κ1) is 14.7. The number of aryl methyl sites for hydroxylation is 1. The summed E-state index contributed by atoms with van der Waals surface area (Å²) in [4.78, 5) is 25.9. The van der Waals surface area contributed by atoms with Crippen LogP contribution in [0.5, 0.6) is 0 Å². The molecule has 10 heteroatoms. The average Bonchev–Trinajstić information content (AvgIpc) is 3.49. The number of oxazole rings is 1. The summed E-state index contributed by atoms with van der Waals surface area (Å²) in [6.45, 7) is 1.27. The SMILES string of the molecule is [2H]c1c([2H])c([2H])c(-c2nc(N)n3c(=O)n(Cc4cocn4)nc3c2-c2cc(C)nc(CO)c2)c([2H])c1[2H]. The van der Waals surface area contributed by atoms with E-state index >= 15 is 0 Å². The molecule has 10 nitrogen and oxygen atoms in total. The van der Waals surface area contributed by atoms with Crippen LogP contribution in [0.25, 0.3) is 28.0 Å². The second kappa shape index (κ2) is 7.75. The molecule has 0 aliphatic rings. The number of nitrogens with two attached hydrogens (primary N) is 1. The Hall–Kier alpha value is -4.31. The Kier molecular flexibility index (Phi) is 3.55. The highest BCUT2D eigenvalue weighted by Gasteiger charge is 2.22. The van der Waals surface area contributed by atoms with Gasteiger partial charge in [0.05, 0.1) is 37.0 Å². The van der Waals surface area contributed by atoms with Gasteiger partial charge in [0.15, 0.2) is 12.0 Å². The van der Waals surface area contributed by atoms with Crippen molar-refractivity contribution in [2.75, 3.05) is 5.73 Å². The van der Waals surface area contributed by atoms with E-state index in [-0.39, 0.29) is 41.6 Å². The van der Waals surface area contributed by atoms with Gasteiger partial charge in [0.25, 0.3) is 0 Å². The number of aromatic nitrogens is 6. The molecule has 0 saturated carbocycles. The summed E-state index contributed by atoms with van der Waals surface area (Å²) < 4.78 is 48.3. The van der Waals surface area contributed by atoms with E-state index in [0.717, 1.165) is 9.08 Å². The van der Waals surface area contributed by atoms with Gasteiger partial charge < -0.3 is 15.3 Å². The molecule has 0 saturated heterocycles. The van der Waals surface area contributed by atoms with Crippen LogP contribution in [-0.2, 0) is 13.2 Å². The van der Waals surface area contributed by atoms with Crippen molar-refractivity contribution < 1.29 is 16.4 Å². The molecule has 0 atom stereocenters. The van der Waals surface area contributed by atoms with Crippen LogP contribution in [0, 0.1) is 6.92 Å². The van der Waals surface area contributed by atoms with Gasteiger partial charge in [-0.3, -0.25) is 4.98 Å². The lowest BCUT2D eigenvalue weighted by molar-refractivity contribution is 0.276. The molecule has 0 aliphatic carbocycles. The summed E-state index contributed by atoms with van der Waals surface area (Å²) in [6.07, 6.45) is 2.57. The van der Waals surface area contributed by atoms with Crippen molar-refractivity contribution in [3.63, 3.8) is 0 Å². The van der Waals surface area contributed by atoms with Crippen LogP contribution >= 0.6 is 0 Å². The quantitative estimate of drug-likeness (QED) is 0.429. The fourth-order valence-corrected chi connectivity index (χ4v) is 3.45. The van der Waals surface area contributed by atoms with Crippen LogP contribution in [0.15, 0.2) is 64.2 Å². The monoisotopic (exact) mass is 434 g/mol. The van der Waals surface area contributed by atoms with E-state index in [0.29, 0.717) is 22.6 Å². The lowest BCUT2D eigenvalue weighted by Crippen LogP contribution is -2.23. The summed E-state index contributed by atoms with van der Waals surface area (Å²) in [5.74, 6) is -0.301. The number of pyridine rings is 1. The maximum absolute atomic E-state index is 13.3. The Balaban J connectivity index is 1.93. The van der Waals surface area contributed by atoms with E-state index in [2.05, 4.69) is 20.1 Å². The Morgan fingerprint density at radius 1 is 1.16 bits per heavy atom. The molecule has 0 amide bonds. The highest BCUT2D eigenvalue weighted by molar-refractivity contribution is 5.90. The largest absolute Gasteiger partial charge is 0.451 e. The Labute approximate surface area is 188 Å². The second-order valence-corrected chi connectivity index (χ2v) is 6.92. The molecule has 4 heterocycles. The summed E-state index contributed by atoms with van der Waals surface area (Å²) >= 11 is 0. The minimum atomic E-state index is -0.634. The predicted octanol–water partition coefficient (Wildman–Crippen LogP) is 2.04. The first-order valence-electron chi connectivity index (χ1n) is 11.9. The average molecular weight is 434 g/mol. The third kappa shape index (κ3) is 3.32. The van der Waals surface area contributed by atoms with Crippen molar-refractivity contribution in [3.8, 4) is 22.4 Å². The van der Waals surface area contributed by atoms with Crippen molar-refractivity contribution in [1.29, 1.82) is 0 Å². The van der Waals surface area contributed by atoms with Crippen LogP contribution in [0.3, 0.4) is 0 Å². The topological polar surface area (TPSA) is 137 Å². The van der Waals surface area contributed by atoms with E-state index in [9.17, 15) is 9.90 Å². The van der Waals surface area contributed by atoms with Crippen LogP contribution in [-0.4, -0.2) is 34.2 Å². The van der Waals surface area contributed by atoms with Gasteiger partial charge in [-0.15, -0.1) is 5.10 Å². The third-order valence-electron chi connectivity index (χ3n) is 4.74. The number of rotatable bonds is 5. The number of hydrogen-bond donors (Lipinski definition) is 2. The maximum Gasteiger partial charge on any atom is 0.353 e. The number of benzene rings is 1. The molecule has 0 bridgehead atoms. The first-order valence-corrected chi connectivity index (χ1v) is 9.44. The molecule has 4 aromatic heterocycles. The molecule has 5 rings (SSSR count). The smallest absolute Gasteiger partial charge is 0.353 e. The van der Waals surface area contributed by atoms with Gasteiger partial charge in [-0.25, -0.2) is 23.8 Å². The second-order valence-electron chi connectivity index (χ2n) is 6.92. The van der Waals surface area contributed by atoms with Crippen molar-refractivity contribution in [3.05, 3.63) is 82.6 Å². The summed E-state index contributed by atoms with van der Waals surface area (Å²) in [7, 11) is 0. The fraction of sp³-hybridized carbons (Fsp3) is 0.136. The molecule has 3 N–H and O–H groups in total. The molecular weight excluding hydrogens is 410 g/mol. The number of aliphatic hydroxyl groups is 1. The molecule has 1 aromatic carbocycles. The van der Waals surface area contributed by atoms with Gasteiger partial charge in [0, 0.05) is 11.3 Å². The molecule has 0 fully saturated rings. The fourth-order valence-electron chi connectivity index (χ4n) is 3.45. The van der Waals surface area contributed by atoms with Crippen LogP contribution in [0.4, 0.5) is 5.95 Å². The van der Waals surface area contributed by atoms with Crippen molar-refractivity contribution in [2.45, 2.75) is 20.1 Å². The van der Waals surface area contributed by atoms with Gasteiger partial charge in [-0.05, 0) is 24.6 Å².